The van der Waals surface area contributed by atoms with Crippen LogP contribution in [-0.4, -0.2) is 36.3 Å². The minimum Gasteiger partial charge on any atom is -0.368 e. The summed E-state index contributed by atoms with van der Waals surface area (Å²) in [4.78, 5) is 34.9. The molecule has 1 aromatic carbocycles. The lowest BCUT2D eigenvalue weighted by Gasteiger charge is -2.19. The van der Waals surface area contributed by atoms with Crippen molar-refractivity contribution in [2.24, 2.45) is 17.4 Å². The molecule has 0 saturated heterocycles. The Bertz CT molecular complexity index is 546. The van der Waals surface area contributed by atoms with Crippen molar-refractivity contribution in [1.82, 2.24) is 10.6 Å². The van der Waals surface area contributed by atoms with E-state index >= 15 is 0 Å². The number of carbonyl (C=O) groups is 3. The molecule has 0 heterocycles. The maximum atomic E-state index is 11.9. The summed E-state index contributed by atoms with van der Waals surface area (Å²) in [6, 6.07) is 7.84. The van der Waals surface area contributed by atoms with Crippen LogP contribution in [0.4, 0.5) is 0 Å². The lowest BCUT2D eigenvalue weighted by atomic mass is 10.0. The van der Waals surface area contributed by atoms with Gasteiger partial charge in [-0.15, -0.1) is 0 Å². The molecule has 23 heavy (non-hydrogen) atoms. The molecular weight excluding hydrogens is 296 g/mol. The standard InChI is InChI=1S/C16H24N4O3/c1-10(2)14(15(18)22)20-13(21)9-19-16(23)12(17)8-11-6-4-3-5-7-11/h3-7,10,12,14H,8-9,17H2,1-2H3,(H2,18,22)(H,19,23)(H,20,21)/t12-,14-/m0/s1. The average molecular weight is 320 g/mol. The molecule has 0 spiro atoms. The van der Waals surface area contributed by atoms with E-state index in [9.17, 15) is 14.4 Å². The van der Waals surface area contributed by atoms with Gasteiger partial charge in [0.2, 0.25) is 17.7 Å². The first-order valence-electron chi connectivity index (χ1n) is 7.47. The molecule has 0 bridgehead atoms. The summed E-state index contributed by atoms with van der Waals surface area (Å²) in [5.74, 6) is -1.65. The van der Waals surface area contributed by atoms with E-state index in [0.717, 1.165) is 5.56 Å². The maximum Gasteiger partial charge on any atom is 0.240 e. The van der Waals surface area contributed by atoms with Crippen LogP contribution in [0.5, 0.6) is 0 Å². The zero-order valence-corrected chi connectivity index (χ0v) is 13.4. The van der Waals surface area contributed by atoms with Crippen LogP contribution < -0.4 is 22.1 Å². The Hall–Kier alpha value is -2.41. The predicted octanol–water partition coefficient (Wildman–Crippen LogP) is -0.701. The molecule has 126 valence electrons. The third-order valence-corrected chi connectivity index (χ3v) is 3.35. The number of hydrogen-bond acceptors (Lipinski definition) is 4. The summed E-state index contributed by atoms with van der Waals surface area (Å²) in [5.41, 5.74) is 12.0. The molecule has 1 aromatic rings. The molecule has 0 aliphatic heterocycles. The van der Waals surface area contributed by atoms with Crippen molar-refractivity contribution in [3.8, 4) is 0 Å². The van der Waals surface area contributed by atoms with Crippen LogP contribution in [0.3, 0.4) is 0 Å². The number of nitrogens with two attached hydrogens (primary N) is 2. The normalized spacial score (nSPS) is 13.2. The van der Waals surface area contributed by atoms with Gasteiger partial charge in [0.1, 0.15) is 6.04 Å². The van der Waals surface area contributed by atoms with E-state index in [2.05, 4.69) is 10.6 Å². The number of primary amides is 1. The molecule has 0 radical (unpaired) electrons. The second-order valence-corrected chi connectivity index (χ2v) is 5.71. The quantitative estimate of drug-likeness (QED) is 0.505. The molecule has 0 unspecified atom stereocenters. The molecule has 3 amide bonds. The molecule has 0 saturated carbocycles. The van der Waals surface area contributed by atoms with Gasteiger partial charge in [-0.25, -0.2) is 0 Å². The van der Waals surface area contributed by atoms with Crippen molar-refractivity contribution in [3.63, 3.8) is 0 Å². The van der Waals surface area contributed by atoms with E-state index in [1.807, 2.05) is 30.3 Å². The number of amides is 3. The van der Waals surface area contributed by atoms with Crippen LogP contribution in [-0.2, 0) is 20.8 Å². The Labute approximate surface area is 135 Å². The van der Waals surface area contributed by atoms with Crippen LogP contribution in [0, 0.1) is 5.92 Å². The average Bonchev–Trinajstić information content (AvgIpc) is 2.50. The second-order valence-electron chi connectivity index (χ2n) is 5.71. The lowest BCUT2D eigenvalue weighted by Crippen LogP contribution is -2.52. The third-order valence-electron chi connectivity index (χ3n) is 3.35. The fourth-order valence-electron chi connectivity index (χ4n) is 2.05. The maximum absolute atomic E-state index is 11.9. The topological polar surface area (TPSA) is 127 Å². The van der Waals surface area contributed by atoms with Crippen LogP contribution in [0.2, 0.25) is 0 Å². The first-order chi connectivity index (χ1) is 10.8. The zero-order valence-electron chi connectivity index (χ0n) is 13.4. The molecule has 1 rings (SSSR count). The van der Waals surface area contributed by atoms with Gasteiger partial charge in [0.15, 0.2) is 0 Å². The van der Waals surface area contributed by atoms with Crippen molar-refractivity contribution in [3.05, 3.63) is 35.9 Å². The van der Waals surface area contributed by atoms with E-state index in [-0.39, 0.29) is 12.5 Å². The van der Waals surface area contributed by atoms with Crippen LogP contribution in [0.25, 0.3) is 0 Å². The second kappa shape index (κ2) is 8.89. The predicted molar refractivity (Wildman–Crippen MR) is 87.1 cm³/mol. The highest BCUT2D eigenvalue weighted by atomic mass is 16.2. The fraction of sp³-hybridized carbons (Fsp3) is 0.438. The number of hydrogen-bond donors (Lipinski definition) is 4. The Morgan fingerprint density at radius 2 is 1.74 bits per heavy atom. The monoisotopic (exact) mass is 320 g/mol. The van der Waals surface area contributed by atoms with E-state index in [1.54, 1.807) is 13.8 Å². The molecule has 7 nitrogen and oxygen atoms in total. The van der Waals surface area contributed by atoms with Gasteiger partial charge >= 0.3 is 0 Å². The van der Waals surface area contributed by atoms with Crippen molar-refractivity contribution in [2.45, 2.75) is 32.4 Å². The third kappa shape index (κ3) is 6.48. The van der Waals surface area contributed by atoms with Crippen molar-refractivity contribution >= 4 is 17.7 Å². The van der Waals surface area contributed by atoms with Crippen LogP contribution >= 0.6 is 0 Å². The Morgan fingerprint density at radius 1 is 1.13 bits per heavy atom. The van der Waals surface area contributed by atoms with E-state index in [0.29, 0.717) is 6.42 Å². The van der Waals surface area contributed by atoms with Gasteiger partial charge in [-0.2, -0.15) is 0 Å². The largest absolute Gasteiger partial charge is 0.368 e. The highest BCUT2D eigenvalue weighted by Crippen LogP contribution is 2.02. The van der Waals surface area contributed by atoms with Crippen molar-refractivity contribution in [2.75, 3.05) is 6.54 Å². The molecule has 6 N–H and O–H groups in total. The molecule has 0 fully saturated rings. The molecular formula is C16H24N4O3. The summed E-state index contributed by atoms with van der Waals surface area (Å²) in [5, 5.41) is 4.95. The van der Waals surface area contributed by atoms with Crippen molar-refractivity contribution in [1.29, 1.82) is 0 Å². The first kappa shape index (κ1) is 18.6. The summed E-state index contributed by atoms with van der Waals surface area (Å²) in [6.07, 6.45) is 0.379. The smallest absolute Gasteiger partial charge is 0.240 e. The zero-order chi connectivity index (χ0) is 17.4. The SMILES string of the molecule is CC(C)[C@H](NC(=O)CNC(=O)[C@@H](N)Cc1ccccc1)C(N)=O. The Balaban J connectivity index is 2.42. The van der Waals surface area contributed by atoms with Crippen LogP contribution in [0.15, 0.2) is 30.3 Å². The van der Waals surface area contributed by atoms with Crippen LogP contribution in [0.1, 0.15) is 19.4 Å². The lowest BCUT2D eigenvalue weighted by molar-refractivity contribution is -0.129. The molecule has 2 atom stereocenters. The summed E-state index contributed by atoms with van der Waals surface area (Å²) in [6.45, 7) is 3.28. The highest BCUT2D eigenvalue weighted by Gasteiger charge is 2.22. The van der Waals surface area contributed by atoms with E-state index < -0.39 is 29.8 Å². The molecule has 7 heteroatoms. The van der Waals surface area contributed by atoms with E-state index in [4.69, 9.17) is 11.5 Å². The summed E-state index contributed by atoms with van der Waals surface area (Å²) in [7, 11) is 0. The Kier molecular flexibility index (Phi) is 7.21. The summed E-state index contributed by atoms with van der Waals surface area (Å²) >= 11 is 0. The van der Waals surface area contributed by atoms with E-state index in [1.165, 1.54) is 0 Å². The number of rotatable bonds is 8. The number of nitrogens with one attached hydrogen (secondary N) is 2. The van der Waals surface area contributed by atoms with Gasteiger partial charge in [-0.1, -0.05) is 44.2 Å². The van der Waals surface area contributed by atoms with Gasteiger partial charge in [0.25, 0.3) is 0 Å². The molecule has 0 aliphatic rings. The molecule has 0 aliphatic carbocycles. The fourth-order valence-corrected chi connectivity index (χ4v) is 2.05. The molecule has 0 aromatic heterocycles. The van der Waals surface area contributed by atoms with Crippen molar-refractivity contribution < 1.29 is 14.4 Å². The van der Waals surface area contributed by atoms with Gasteiger partial charge in [-0.05, 0) is 17.9 Å². The first-order valence-corrected chi connectivity index (χ1v) is 7.47. The number of benzene rings is 1. The van der Waals surface area contributed by atoms with Gasteiger partial charge in [0, 0.05) is 0 Å². The minimum absolute atomic E-state index is 0.132. The highest BCUT2D eigenvalue weighted by molar-refractivity contribution is 5.90. The minimum atomic E-state index is -0.766. The van der Waals surface area contributed by atoms with Gasteiger partial charge in [-0.3, -0.25) is 14.4 Å². The van der Waals surface area contributed by atoms with Gasteiger partial charge in [0.05, 0.1) is 12.6 Å². The summed E-state index contributed by atoms with van der Waals surface area (Å²) < 4.78 is 0. The Morgan fingerprint density at radius 3 is 2.26 bits per heavy atom. The number of carbonyl (C=O) groups excluding carboxylic acids is 3. The van der Waals surface area contributed by atoms with Gasteiger partial charge < -0.3 is 22.1 Å².